The quantitative estimate of drug-likeness (QED) is 0.791. The Kier molecular flexibility index (Phi) is 6.83. The first-order valence-electron chi connectivity index (χ1n) is 7.98. The number of anilines is 1. The van der Waals surface area contributed by atoms with Crippen LogP contribution in [-0.2, 0) is 11.2 Å². The van der Waals surface area contributed by atoms with Crippen molar-refractivity contribution in [3.8, 4) is 5.75 Å². The highest BCUT2D eigenvalue weighted by molar-refractivity contribution is 6.30. The minimum atomic E-state index is -0.209. The Morgan fingerprint density at radius 1 is 1.12 bits per heavy atom. The Bertz CT molecular complexity index is 745. The van der Waals surface area contributed by atoms with Gasteiger partial charge in [0.25, 0.3) is 5.91 Å². The third-order valence-electron chi connectivity index (χ3n) is 3.75. The van der Waals surface area contributed by atoms with Crippen LogP contribution in [0.25, 0.3) is 0 Å². The van der Waals surface area contributed by atoms with Gasteiger partial charge in [0, 0.05) is 24.1 Å². The lowest BCUT2D eigenvalue weighted by Gasteiger charge is -2.11. The van der Waals surface area contributed by atoms with Gasteiger partial charge in [-0.2, -0.15) is 0 Å². The Balaban J connectivity index is 1.91. The summed E-state index contributed by atoms with van der Waals surface area (Å²) in [4.78, 5) is 23.8. The first-order valence-corrected chi connectivity index (χ1v) is 8.35. The second-order valence-corrected chi connectivity index (χ2v) is 5.96. The minimum Gasteiger partial charge on any atom is -0.495 e. The van der Waals surface area contributed by atoms with Crippen molar-refractivity contribution in [1.82, 2.24) is 5.32 Å². The molecule has 6 heteroatoms. The number of methoxy groups -OCH3 is 1. The normalized spacial score (nSPS) is 10.2. The highest BCUT2D eigenvalue weighted by Crippen LogP contribution is 2.26. The maximum absolute atomic E-state index is 12.1. The van der Waals surface area contributed by atoms with E-state index in [4.69, 9.17) is 16.3 Å². The van der Waals surface area contributed by atoms with Crippen molar-refractivity contribution >= 4 is 29.1 Å². The van der Waals surface area contributed by atoms with Gasteiger partial charge in [-0.1, -0.05) is 23.7 Å². The number of amides is 2. The monoisotopic (exact) mass is 360 g/mol. The Labute approximate surface area is 152 Å². The van der Waals surface area contributed by atoms with Crippen LogP contribution in [-0.4, -0.2) is 26.0 Å². The summed E-state index contributed by atoms with van der Waals surface area (Å²) < 4.78 is 5.26. The molecule has 0 aliphatic rings. The number of carbonyl (C=O) groups excluding carboxylic acids is 2. The lowest BCUT2D eigenvalue weighted by molar-refractivity contribution is -0.116. The Morgan fingerprint density at radius 2 is 1.84 bits per heavy atom. The van der Waals surface area contributed by atoms with Crippen LogP contribution in [0.4, 0.5) is 5.69 Å². The molecule has 0 unspecified atom stereocenters. The lowest BCUT2D eigenvalue weighted by atomic mass is 10.1. The first kappa shape index (κ1) is 18.8. The summed E-state index contributed by atoms with van der Waals surface area (Å²) in [6.07, 6.45) is 1.92. The van der Waals surface area contributed by atoms with E-state index in [1.165, 1.54) is 7.11 Å². The maximum Gasteiger partial charge on any atom is 0.251 e. The molecule has 0 saturated heterocycles. The van der Waals surface area contributed by atoms with Crippen molar-refractivity contribution in [3.05, 3.63) is 58.6 Å². The summed E-state index contributed by atoms with van der Waals surface area (Å²) in [6, 6.07) is 12.5. The van der Waals surface area contributed by atoms with Crippen LogP contribution in [0.1, 0.15) is 28.8 Å². The van der Waals surface area contributed by atoms with E-state index in [0.29, 0.717) is 28.4 Å². The largest absolute Gasteiger partial charge is 0.495 e. The first-order chi connectivity index (χ1) is 12.0. The number of aryl methyl sites for hydroxylation is 1. The van der Waals surface area contributed by atoms with E-state index in [-0.39, 0.29) is 11.8 Å². The van der Waals surface area contributed by atoms with Gasteiger partial charge in [-0.05, 0) is 48.7 Å². The van der Waals surface area contributed by atoms with E-state index in [1.807, 2.05) is 24.3 Å². The van der Waals surface area contributed by atoms with Gasteiger partial charge in [0.15, 0.2) is 0 Å². The predicted octanol–water partition coefficient (Wildman–Crippen LogP) is 3.67. The molecular weight excluding hydrogens is 340 g/mol. The van der Waals surface area contributed by atoms with Gasteiger partial charge in [0.05, 0.1) is 12.8 Å². The van der Waals surface area contributed by atoms with E-state index < -0.39 is 0 Å². The fourth-order valence-electron chi connectivity index (χ4n) is 2.40. The fourth-order valence-corrected chi connectivity index (χ4v) is 2.52. The number of ether oxygens (including phenoxy) is 1. The van der Waals surface area contributed by atoms with Crippen LogP contribution in [0.5, 0.6) is 5.75 Å². The van der Waals surface area contributed by atoms with Crippen molar-refractivity contribution in [2.24, 2.45) is 0 Å². The zero-order valence-corrected chi connectivity index (χ0v) is 15.0. The molecule has 0 heterocycles. The zero-order chi connectivity index (χ0) is 18.2. The number of hydrogen-bond acceptors (Lipinski definition) is 3. The van der Waals surface area contributed by atoms with Crippen LogP contribution in [0.3, 0.4) is 0 Å². The lowest BCUT2D eigenvalue weighted by Crippen LogP contribution is -2.18. The van der Waals surface area contributed by atoms with Crippen molar-refractivity contribution < 1.29 is 14.3 Å². The van der Waals surface area contributed by atoms with Gasteiger partial charge >= 0.3 is 0 Å². The van der Waals surface area contributed by atoms with Gasteiger partial charge in [0.1, 0.15) is 5.75 Å². The van der Waals surface area contributed by atoms with Crippen molar-refractivity contribution in [1.29, 1.82) is 0 Å². The summed E-state index contributed by atoms with van der Waals surface area (Å²) in [5.41, 5.74) is 2.16. The number of hydrogen-bond donors (Lipinski definition) is 2. The fraction of sp³-hybridized carbons (Fsp3) is 0.263. The Morgan fingerprint density at radius 3 is 2.48 bits per heavy atom. The van der Waals surface area contributed by atoms with Gasteiger partial charge in [-0.15, -0.1) is 0 Å². The average molecular weight is 361 g/mol. The van der Waals surface area contributed by atoms with Crippen molar-refractivity contribution in [2.45, 2.75) is 19.3 Å². The molecule has 0 aliphatic heterocycles. The molecule has 0 bridgehead atoms. The molecule has 0 atom stereocenters. The molecule has 0 radical (unpaired) electrons. The molecule has 2 N–H and O–H groups in total. The van der Waals surface area contributed by atoms with Crippen LogP contribution in [0.2, 0.25) is 5.02 Å². The van der Waals surface area contributed by atoms with E-state index in [1.54, 1.807) is 25.2 Å². The Hall–Kier alpha value is -2.53. The van der Waals surface area contributed by atoms with Gasteiger partial charge in [-0.25, -0.2) is 0 Å². The van der Waals surface area contributed by atoms with Crippen LogP contribution < -0.4 is 15.4 Å². The molecule has 2 amide bonds. The maximum atomic E-state index is 12.1. The second-order valence-electron chi connectivity index (χ2n) is 5.52. The second kappa shape index (κ2) is 9.08. The highest BCUT2D eigenvalue weighted by Gasteiger charge is 2.11. The van der Waals surface area contributed by atoms with E-state index >= 15 is 0 Å². The molecule has 2 aromatic rings. The van der Waals surface area contributed by atoms with Crippen LogP contribution >= 0.6 is 11.6 Å². The molecule has 5 nitrogen and oxygen atoms in total. The number of rotatable bonds is 7. The number of benzene rings is 2. The minimum absolute atomic E-state index is 0.0973. The van der Waals surface area contributed by atoms with E-state index in [2.05, 4.69) is 10.6 Å². The summed E-state index contributed by atoms with van der Waals surface area (Å²) >= 11 is 5.85. The van der Waals surface area contributed by atoms with Crippen molar-refractivity contribution in [3.63, 3.8) is 0 Å². The molecule has 0 spiro atoms. The molecule has 2 rings (SSSR count). The summed E-state index contributed by atoms with van der Waals surface area (Å²) in [5, 5.41) is 6.08. The van der Waals surface area contributed by atoms with Crippen LogP contribution in [0, 0.1) is 0 Å². The van der Waals surface area contributed by atoms with Gasteiger partial charge in [-0.3, -0.25) is 9.59 Å². The number of halogens is 1. The number of nitrogens with one attached hydrogen (secondary N) is 2. The molecule has 0 aromatic heterocycles. The molecule has 0 fully saturated rings. The summed E-state index contributed by atoms with van der Waals surface area (Å²) in [5.74, 6) is 0.145. The number of carbonyl (C=O) groups is 2. The predicted molar refractivity (Wildman–Crippen MR) is 99.4 cm³/mol. The zero-order valence-electron chi connectivity index (χ0n) is 14.3. The molecule has 2 aromatic carbocycles. The average Bonchev–Trinajstić information content (AvgIpc) is 2.63. The third kappa shape index (κ3) is 5.50. The molecule has 25 heavy (non-hydrogen) atoms. The van der Waals surface area contributed by atoms with Gasteiger partial charge in [0.2, 0.25) is 5.91 Å². The summed E-state index contributed by atoms with van der Waals surface area (Å²) in [6.45, 7) is 0. The SMILES string of the molecule is CNC(=O)c1ccc(NC(=O)CCCc2ccc(Cl)cc2)c(OC)c1. The molecule has 0 saturated carbocycles. The third-order valence-corrected chi connectivity index (χ3v) is 4.00. The van der Waals surface area contributed by atoms with Gasteiger partial charge < -0.3 is 15.4 Å². The van der Waals surface area contributed by atoms with E-state index in [0.717, 1.165) is 18.4 Å². The molecular formula is C19H21ClN2O3. The smallest absolute Gasteiger partial charge is 0.251 e. The molecule has 0 aliphatic carbocycles. The standard InChI is InChI=1S/C19H21ClN2O3/c1-21-19(24)14-8-11-16(17(12-14)25-2)22-18(23)5-3-4-13-6-9-15(20)10-7-13/h6-12H,3-5H2,1-2H3,(H,21,24)(H,22,23). The van der Waals surface area contributed by atoms with E-state index in [9.17, 15) is 9.59 Å². The highest BCUT2D eigenvalue weighted by atomic mass is 35.5. The van der Waals surface area contributed by atoms with Crippen LogP contribution in [0.15, 0.2) is 42.5 Å². The summed E-state index contributed by atoms with van der Waals surface area (Å²) in [7, 11) is 3.06. The van der Waals surface area contributed by atoms with Crippen molar-refractivity contribution in [2.75, 3.05) is 19.5 Å². The molecule has 132 valence electrons. The topological polar surface area (TPSA) is 67.4 Å².